The summed E-state index contributed by atoms with van der Waals surface area (Å²) in [6.07, 6.45) is 7.43. The van der Waals surface area contributed by atoms with Crippen molar-refractivity contribution in [2.75, 3.05) is 62.6 Å². The number of pyridine rings is 1. The average Bonchev–Trinajstić information content (AvgIpc) is 3.44. The van der Waals surface area contributed by atoms with E-state index in [1.807, 2.05) is 37.8 Å². The number of allylic oxidation sites excluding steroid dienone is 1. The third-order valence-electron chi connectivity index (χ3n) is 11.0. The zero-order chi connectivity index (χ0) is 38.9. The number of benzene rings is 1. The molecule has 0 unspecified atom stereocenters. The van der Waals surface area contributed by atoms with Gasteiger partial charge in [-0.2, -0.15) is 4.98 Å². The Labute approximate surface area is 323 Å². The van der Waals surface area contributed by atoms with Gasteiger partial charge in [0.25, 0.3) is 5.56 Å². The third kappa shape index (κ3) is 8.71. The van der Waals surface area contributed by atoms with Crippen LogP contribution in [0.3, 0.4) is 0 Å². The smallest absolute Gasteiger partial charge is 0.410 e. The number of hydrogen-bond donors (Lipinski definition) is 2. The van der Waals surface area contributed by atoms with Crippen LogP contribution in [0.4, 0.5) is 22.1 Å². The molecule has 3 aromatic heterocycles. The Morgan fingerprint density at radius 3 is 2.15 bits per heavy atom. The standard InChI is InChI=1S/C41H56N10O4/c1-7-19-50-37(52)33-28-42-38(45-36(33)51(50)35-10-8-9-34(44-35)41(5,6)54)43-29-11-13-30(14-12-29)47-24-26-48(27-25-47)32-15-20-46(21-16-32)31-17-22-49(23-18-31)39(53)55-40(2,3)4/h7-14,28,31-32,54H,1,15-27H2,2-6H3,(H,42,43,45). The molecule has 14 heteroatoms. The molecule has 1 aromatic carbocycles. The van der Waals surface area contributed by atoms with Crippen molar-refractivity contribution in [2.24, 2.45) is 0 Å². The second-order valence-corrected chi connectivity index (χ2v) is 16.5. The SMILES string of the molecule is C=CCn1c(=O)c2cnc(Nc3ccc(N4CCN(C5CCN(C6CCN(C(=O)OC(C)(C)C)CC6)CC5)CC4)cc3)nc2n1-c1cccc(C(C)(C)O)n1. The van der Waals surface area contributed by atoms with Crippen LogP contribution < -0.4 is 15.8 Å². The van der Waals surface area contributed by atoms with Crippen LogP contribution in [0, 0.1) is 0 Å². The van der Waals surface area contributed by atoms with Crippen LogP contribution in [0.2, 0.25) is 0 Å². The van der Waals surface area contributed by atoms with Gasteiger partial charge in [-0.1, -0.05) is 12.1 Å². The molecule has 0 radical (unpaired) electrons. The van der Waals surface area contributed by atoms with Gasteiger partial charge < -0.3 is 29.9 Å². The summed E-state index contributed by atoms with van der Waals surface area (Å²) in [5, 5.41) is 14.3. The number of aliphatic hydroxyl groups is 1. The number of ether oxygens (including phenoxy) is 1. The van der Waals surface area contributed by atoms with E-state index in [9.17, 15) is 14.7 Å². The number of hydrogen-bond acceptors (Lipinski definition) is 11. The Morgan fingerprint density at radius 2 is 1.53 bits per heavy atom. The van der Waals surface area contributed by atoms with E-state index in [0.717, 1.165) is 70.9 Å². The molecule has 3 saturated heterocycles. The van der Waals surface area contributed by atoms with Crippen LogP contribution in [0.1, 0.15) is 66.0 Å². The summed E-state index contributed by atoms with van der Waals surface area (Å²) < 4.78 is 8.76. The minimum Gasteiger partial charge on any atom is -0.444 e. The fourth-order valence-corrected chi connectivity index (χ4v) is 8.08. The molecule has 2 N–H and O–H groups in total. The Bertz CT molecular complexity index is 2020. The zero-order valence-electron chi connectivity index (χ0n) is 32.9. The van der Waals surface area contributed by atoms with Crippen molar-refractivity contribution in [3.05, 3.63) is 77.4 Å². The highest BCUT2D eigenvalue weighted by atomic mass is 16.6. The number of piperazine rings is 1. The second kappa shape index (κ2) is 15.8. The molecule has 1 amide bonds. The first-order valence-corrected chi connectivity index (χ1v) is 19.7. The average molecular weight is 753 g/mol. The van der Waals surface area contributed by atoms with Gasteiger partial charge in [-0.25, -0.2) is 24.1 Å². The predicted octanol–water partition coefficient (Wildman–Crippen LogP) is 5.12. The molecular formula is C41H56N10O4. The number of piperidine rings is 2. The van der Waals surface area contributed by atoms with Crippen LogP contribution in [0.25, 0.3) is 16.9 Å². The van der Waals surface area contributed by atoms with E-state index in [1.165, 1.54) is 29.4 Å². The van der Waals surface area contributed by atoms with Crippen molar-refractivity contribution in [3.63, 3.8) is 0 Å². The van der Waals surface area contributed by atoms with Crippen molar-refractivity contribution in [1.29, 1.82) is 0 Å². The van der Waals surface area contributed by atoms with Gasteiger partial charge in [0.15, 0.2) is 11.5 Å². The molecule has 0 bridgehead atoms. The van der Waals surface area contributed by atoms with E-state index in [2.05, 4.69) is 48.7 Å². The second-order valence-electron chi connectivity index (χ2n) is 16.5. The number of nitrogens with one attached hydrogen (secondary N) is 1. The van der Waals surface area contributed by atoms with Crippen LogP contribution in [0.15, 0.2) is 66.1 Å². The lowest BCUT2D eigenvalue weighted by atomic mass is 9.96. The largest absolute Gasteiger partial charge is 0.444 e. The minimum absolute atomic E-state index is 0.185. The van der Waals surface area contributed by atoms with Gasteiger partial charge in [0, 0.05) is 68.9 Å². The highest BCUT2D eigenvalue weighted by Crippen LogP contribution is 2.28. The fraction of sp³-hybridized carbons (Fsp3) is 0.537. The topological polar surface area (TPSA) is 137 Å². The van der Waals surface area contributed by atoms with Crippen molar-refractivity contribution in [2.45, 2.75) is 90.1 Å². The van der Waals surface area contributed by atoms with Crippen molar-refractivity contribution in [1.82, 2.24) is 39.0 Å². The maximum atomic E-state index is 13.4. The van der Waals surface area contributed by atoms with Crippen LogP contribution >= 0.6 is 0 Å². The molecule has 3 aliphatic rings. The third-order valence-corrected chi connectivity index (χ3v) is 11.0. The number of likely N-dealkylation sites (tertiary alicyclic amines) is 2. The molecule has 7 rings (SSSR count). The van der Waals surface area contributed by atoms with E-state index in [0.29, 0.717) is 40.6 Å². The maximum Gasteiger partial charge on any atom is 0.410 e. The quantitative estimate of drug-likeness (QED) is 0.221. The number of rotatable bonds is 9. The van der Waals surface area contributed by atoms with E-state index >= 15 is 0 Å². The van der Waals surface area contributed by atoms with E-state index in [4.69, 9.17) is 9.72 Å². The Balaban J connectivity index is 0.929. The summed E-state index contributed by atoms with van der Waals surface area (Å²) in [4.78, 5) is 49.5. The predicted molar refractivity (Wildman–Crippen MR) is 215 cm³/mol. The molecule has 3 aliphatic heterocycles. The number of aromatic nitrogens is 5. The molecule has 14 nitrogen and oxygen atoms in total. The molecular weight excluding hydrogens is 697 g/mol. The molecule has 294 valence electrons. The van der Waals surface area contributed by atoms with E-state index < -0.39 is 11.2 Å². The molecule has 0 spiro atoms. The molecule has 0 saturated carbocycles. The van der Waals surface area contributed by atoms with Gasteiger partial charge in [-0.05, 0) is 110 Å². The normalized spacial score (nSPS) is 18.5. The molecule has 3 fully saturated rings. The highest BCUT2D eigenvalue weighted by molar-refractivity contribution is 5.77. The van der Waals surface area contributed by atoms with Gasteiger partial charge >= 0.3 is 6.09 Å². The summed E-state index contributed by atoms with van der Waals surface area (Å²) >= 11 is 0. The number of anilines is 3. The lowest BCUT2D eigenvalue weighted by molar-refractivity contribution is 0.00978. The summed E-state index contributed by atoms with van der Waals surface area (Å²) in [6, 6.07) is 14.8. The van der Waals surface area contributed by atoms with Gasteiger partial charge in [0.05, 0.1) is 12.2 Å². The summed E-state index contributed by atoms with van der Waals surface area (Å²) in [7, 11) is 0. The molecule has 0 atom stereocenters. The monoisotopic (exact) mass is 752 g/mol. The first kappa shape index (κ1) is 38.5. The zero-order valence-corrected chi connectivity index (χ0v) is 32.9. The van der Waals surface area contributed by atoms with Crippen molar-refractivity contribution < 1.29 is 14.6 Å². The minimum atomic E-state index is -1.16. The lowest BCUT2D eigenvalue weighted by Crippen LogP contribution is -2.55. The van der Waals surface area contributed by atoms with Crippen LogP contribution in [-0.2, 0) is 16.9 Å². The Hall–Kier alpha value is -4.79. The number of fused-ring (bicyclic) bond motifs is 1. The highest BCUT2D eigenvalue weighted by Gasteiger charge is 2.33. The Kier molecular flexibility index (Phi) is 11.0. The first-order chi connectivity index (χ1) is 26.3. The van der Waals surface area contributed by atoms with Crippen LogP contribution in [0.5, 0.6) is 0 Å². The number of carbonyl (C=O) groups is 1. The van der Waals surface area contributed by atoms with Gasteiger partial charge in [0.2, 0.25) is 5.95 Å². The van der Waals surface area contributed by atoms with Gasteiger partial charge in [-0.3, -0.25) is 9.69 Å². The lowest BCUT2D eigenvalue weighted by Gasteiger charge is -2.46. The van der Waals surface area contributed by atoms with Crippen molar-refractivity contribution in [3.8, 4) is 5.82 Å². The molecule has 6 heterocycles. The Morgan fingerprint density at radius 1 is 0.891 bits per heavy atom. The summed E-state index contributed by atoms with van der Waals surface area (Å²) in [5.74, 6) is 0.816. The maximum absolute atomic E-state index is 13.4. The number of amides is 1. The summed E-state index contributed by atoms with van der Waals surface area (Å²) in [6.45, 7) is 21.0. The summed E-state index contributed by atoms with van der Waals surface area (Å²) in [5.41, 5.74) is 1.04. The van der Waals surface area contributed by atoms with Crippen molar-refractivity contribution >= 4 is 34.4 Å². The molecule has 0 aliphatic carbocycles. The van der Waals surface area contributed by atoms with Gasteiger partial charge in [0.1, 0.15) is 16.6 Å². The van der Waals surface area contributed by atoms with E-state index in [1.54, 1.807) is 42.8 Å². The van der Waals surface area contributed by atoms with E-state index in [-0.39, 0.29) is 18.2 Å². The first-order valence-electron chi connectivity index (χ1n) is 19.7. The van der Waals surface area contributed by atoms with Gasteiger partial charge in [-0.15, -0.1) is 6.58 Å². The fourth-order valence-electron chi connectivity index (χ4n) is 8.08. The van der Waals surface area contributed by atoms with Crippen LogP contribution in [-0.4, -0.2) is 120 Å². The number of carbonyl (C=O) groups excluding carboxylic acids is 1. The number of nitrogens with zero attached hydrogens (tertiary/aromatic N) is 9. The molecule has 55 heavy (non-hydrogen) atoms. The molecule has 4 aromatic rings.